The molecule has 1 fully saturated rings. The van der Waals surface area contributed by atoms with Gasteiger partial charge in [-0.2, -0.15) is 0 Å². The van der Waals surface area contributed by atoms with E-state index in [0.717, 1.165) is 0 Å². The minimum atomic E-state index is -1.67. The van der Waals surface area contributed by atoms with E-state index in [1.165, 1.54) is 42.1 Å². The van der Waals surface area contributed by atoms with Crippen LogP contribution in [0.15, 0.2) is 36.5 Å². The number of nitrogens with two attached hydrogens (primary N) is 1. The molecule has 2 bridgehead atoms. The number of carbonyl (C=O) groups excluding carboxylic acids is 9. The summed E-state index contributed by atoms with van der Waals surface area (Å²) in [6.45, 7) is 15.7. The molecular formula is C48H73N7O11. The molecule has 1 aromatic carbocycles. The number of hydrogen-bond donors (Lipinski definition) is 6. The van der Waals surface area contributed by atoms with E-state index in [2.05, 4.69) is 21.3 Å². The molecule has 366 valence electrons. The lowest BCUT2D eigenvalue weighted by atomic mass is 9.90. The summed E-state index contributed by atoms with van der Waals surface area (Å²) in [5.41, 5.74) is 6.00. The standard InChI is InChI=1S/C48H73N7O11/c1-11-27(6)37(57)25-32(18-21-38(49)58)42(59)53-40-30(9)66-48(65)39(28(7)12-2)52-44(61)36(24-31-16-19-33(56)20-17-31)54(10)47(64)41(29(8)13-3)55-22-14-15-34(46(55)63)50-43(60)35(23-26(4)5)51-45(40)62/h14,16-17,19-20,22,26-30,32,34-36,39-41,56H,11-13,15,18,21,23-25H2,1-10H3,(H2,49,58)(H,50,60)(H,51,62)(H,52,61)(H,53,59)/t27?,28?,29?,30-,32-,34+,35+,36+,39+,40+,41-/m1/s1. The van der Waals surface area contributed by atoms with Gasteiger partial charge in [-0.25, -0.2) is 4.79 Å². The molecule has 66 heavy (non-hydrogen) atoms. The number of fused-ring (bicyclic) bond motifs is 2. The first kappa shape index (κ1) is 54.5. The summed E-state index contributed by atoms with van der Waals surface area (Å²) < 4.78 is 5.95. The van der Waals surface area contributed by atoms with Crippen molar-refractivity contribution in [1.29, 1.82) is 0 Å². The third-order valence-corrected chi connectivity index (χ3v) is 12.9. The van der Waals surface area contributed by atoms with Crippen LogP contribution in [0.2, 0.25) is 0 Å². The Balaban J connectivity index is 2.25. The average molecular weight is 924 g/mol. The third kappa shape index (κ3) is 14.9. The molecule has 11 atom stereocenters. The molecule has 0 aromatic heterocycles. The van der Waals surface area contributed by atoms with Crippen molar-refractivity contribution in [2.75, 3.05) is 7.05 Å². The second kappa shape index (κ2) is 25.2. The lowest BCUT2D eigenvalue weighted by Gasteiger charge is -2.40. The van der Waals surface area contributed by atoms with Gasteiger partial charge in [0.25, 0.3) is 0 Å². The fourth-order valence-electron chi connectivity index (χ4n) is 7.96. The van der Waals surface area contributed by atoms with Gasteiger partial charge in [0.05, 0.1) is 0 Å². The summed E-state index contributed by atoms with van der Waals surface area (Å²) in [5, 5.41) is 20.9. The number of aromatic hydroxyl groups is 1. The van der Waals surface area contributed by atoms with Crippen LogP contribution in [0, 0.1) is 29.6 Å². The van der Waals surface area contributed by atoms with E-state index in [-0.39, 0.29) is 56.0 Å². The van der Waals surface area contributed by atoms with E-state index in [1.807, 2.05) is 27.7 Å². The summed E-state index contributed by atoms with van der Waals surface area (Å²) in [6, 6.07) is -1.76. The van der Waals surface area contributed by atoms with Crippen LogP contribution in [-0.2, 0) is 54.3 Å². The zero-order valence-electron chi connectivity index (χ0n) is 40.3. The number of ketones is 1. The van der Waals surface area contributed by atoms with Gasteiger partial charge in [0.2, 0.25) is 41.4 Å². The third-order valence-electron chi connectivity index (χ3n) is 12.9. The van der Waals surface area contributed by atoms with Gasteiger partial charge in [-0.1, -0.05) is 86.4 Å². The lowest BCUT2D eigenvalue weighted by Crippen LogP contribution is -2.62. The van der Waals surface area contributed by atoms with Gasteiger partial charge in [-0.15, -0.1) is 0 Å². The van der Waals surface area contributed by atoms with Crippen LogP contribution < -0.4 is 27.0 Å². The van der Waals surface area contributed by atoms with Gasteiger partial charge in [0.1, 0.15) is 53.9 Å². The second-order valence-corrected chi connectivity index (χ2v) is 18.5. The predicted octanol–water partition coefficient (Wildman–Crippen LogP) is 2.79. The SMILES string of the molecule is CCC(C)C(=O)C[C@@H](CCC(N)=O)C(=O)N[C@@H]1C(=O)N[C@@H](CC(C)C)C(=O)N[C@H]2CC=CN(C2=O)[C@H](C(C)CC)C(=O)N(C)[C@@H](Cc2ccc(O)cc2)C(=O)N[C@@H](C(C)CC)C(=O)O[C@@H]1C. The van der Waals surface area contributed by atoms with Crippen molar-refractivity contribution < 1.29 is 53.0 Å². The Kier molecular flexibility index (Phi) is 20.8. The first-order valence-electron chi connectivity index (χ1n) is 23.3. The molecule has 1 aromatic rings. The molecule has 0 saturated carbocycles. The maximum absolute atomic E-state index is 14.8. The Labute approximate surface area is 388 Å². The number of Topliss-reactive ketones (excluding diaryl/α,β-unsaturated/α-hetero) is 1. The maximum atomic E-state index is 14.8. The highest BCUT2D eigenvalue weighted by Gasteiger charge is 2.44. The number of amides is 7. The fourth-order valence-corrected chi connectivity index (χ4v) is 7.96. The van der Waals surface area contributed by atoms with E-state index in [0.29, 0.717) is 24.8 Å². The summed E-state index contributed by atoms with van der Waals surface area (Å²) in [5.74, 6) is -8.97. The summed E-state index contributed by atoms with van der Waals surface area (Å²) in [4.78, 5) is 129. The van der Waals surface area contributed by atoms with Gasteiger partial charge in [-0.3, -0.25) is 38.4 Å². The smallest absolute Gasteiger partial charge is 0.329 e. The van der Waals surface area contributed by atoms with Gasteiger partial charge >= 0.3 is 5.97 Å². The number of nitrogens with one attached hydrogen (secondary N) is 4. The van der Waals surface area contributed by atoms with Crippen molar-refractivity contribution in [3.05, 3.63) is 42.1 Å². The van der Waals surface area contributed by atoms with Crippen molar-refractivity contribution in [3.63, 3.8) is 0 Å². The second-order valence-electron chi connectivity index (χ2n) is 18.5. The highest BCUT2D eigenvalue weighted by molar-refractivity contribution is 5.98. The number of phenols is 1. The molecule has 18 nitrogen and oxygen atoms in total. The number of esters is 1. The Morgan fingerprint density at radius 1 is 0.864 bits per heavy atom. The molecular weight excluding hydrogens is 851 g/mol. The highest BCUT2D eigenvalue weighted by atomic mass is 16.5. The normalized spacial score (nSPS) is 25.5. The topological polar surface area (TPSA) is 264 Å². The van der Waals surface area contributed by atoms with Crippen molar-refractivity contribution in [3.8, 4) is 5.75 Å². The Bertz CT molecular complexity index is 1940. The zero-order valence-corrected chi connectivity index (χ0v) is 40.3. The number of cyclic esters (lactones) is 1. The van der Waals surface area contributed by atoms with Crippen molar-refractivity contribution >= 4 is 53.1 Å². The van der Waals surface area contributed by atoms with Crippen LogP contribution in [-0.4, -0.2) is 117 Å². The number of phenolic OH excluding ortho intramolecular Hbond substituents is 1. The lowest BCUT2D eigenvalue weighted by molar-refractivity contribution is -0.158. The van der Waals surface area contributed by atoms with Crippen LogP contribution in [0.4, 0.5) is 0 Å². The molecule has 3 unspecified atom stereocenters. The molecule has 7 N–H and O–H groups in total. The van der Waals surface area contributed by atoms with Gasteiger partial charge in [0.15, 0.2) is 0 Å². The van der Waals surface area contributed by atoms with Crippen LogP contribution in [0.25, 0.3) is 0 Å². The molecule has 7 amide bonds. The quantitative estimate of drug-likeness (QED) is 0.124. The molecule has 0 radical (unpaired) electrons. The Morgan fingerprint density at radius 2 is 1.50 bits per heavy atom. The minimum Gasteiger partial charge on any atom is -0.508 e. The minimum absolute atomic E-state index is 0.0183. The predicted molar refractivity (Wildman–Crippen MR) is 245 cm³/mol. The zero-order chi connectivity index (χ0) is 49.6. The van der Waals surface area contributed by atoms with Crippen LogP contribution in [0.5, 0.6) is 5.75 Å². The molecule has 0 aliphatic carbocycles. The number of likely N-dealkylation sites (N-methyl/N-ethyl adjacent to an activating group) is 1. The number of ether oxygens (including phenoxy) is 1. The monoisotopic (exact) mass is 924 g/mol. The van der Waals surface area contributed by atoms with Gasteiger partial charge in [-0.05, 0) is 68.1 Å². The van der Waals surface area contributed by atoms with Gasteiger partial charge in [0, 0.05) is 44.3 Å². The van der Waals surface area contributed by atoms with E-state index in [9.17, 15) is 48.3 Å². The number of carbonyl (C=O) groups is 9. The molecule has 2 aliphatic heterocycles. The molecule has 2 heterocycles. The maximum Gasteiger partial charge on any atom is 0.329 e. The first-order valence-corrected chi connectivity index (χ1v) is 23.3. The number of hydrogen-bond acceptors (Lipinski definition) is 11. The van der Waals surface area contributed by atoms with Crippen LogP contribution in [0.3, 0.4) is 0 Å². The molecule has 2 aliphatic rings. The van der Waals surface area contributed by atoms with Crippen molar-refractivity contribution in [1.82, 2.24) is 31.1 Å². The van der Waals surface area contributed by atoms with E-state index in [1.54, 1.807) is 45.9 Å². The fraction of sp³-hybridized carbons (Fsp3) is 0.646. The van der Waals surface area contributed by atoms with E-state index < -0.39 is 113 Å². The van der Waals surface area contributed by atoms with E-state index >= 15 is 0 Å². The van der Waals surface area contributed by atoms with Crippen LogP contribution >= 0.6 is 0 Å². The summed E-state index contributed by atoms with van der Waals surface area (Å²) in [7, 11) is 1.44. The molecule has 3 rings (SSSR count). The molecule has 1 saturated heterocycles. The van der Waals surface area contributed by atoms with Gasteiger partial charge < -0.3 is 46.6 Å². The number of benzene rings is 1. The number of rotatable bonds is 17. The Morgan fingerprint density at radius 3 is 2.08 bits per heavy atom. The van der Waals surface area contributed by atoms with Crippen molar-refractivity contribution in [2.24, 2.45) is 35.3 Å². The molecule has 0 spiro atoms. The largest absolute Gasteiger partial charge is 0.508 e. The summed E-state index contributed by atoms with van der Waals surface area (Å²) >= 11 is 0. The van der Waals surface area contributed by atoms with E-state index in [4.69, 9.17) is 10.5 Å². The average Bonchev–Trinajstić information content (AvgIpc) is 3.27. The summed E-state index contributed by atoms with van der Waals surface area (Å²) in [6.07, 6.45) is 2.48. The molecule has 18 heteroatoms. The first-order chi connectivity index (χ1) is 31.0. The van der Waals surface area contributed by atoms with Crippen LogP contribution in [0.1, 0.15) is 119 Å². The Hall–Kier alpha value is -5.81. The van der Waals surface area contributed by atoms with Crippen molar-refractivity contribution in [2.45, 2.75) is 162 Å². The number of nitrogens with zero attached hydrogens (tertiary/aromatic N) is 2. The highest BCUT2D eigenvalue weighted by Crippen LogP contribution is 2.25. The number of primary amides is 1.